The van der Waals surface area contributed by atoms with E-state index in [1.165, 1.54) is 5.56 Å². The van der Waals surface area contributed by atoms with E-state index in [4.69, 9.17) is 0 Å². The Morgan fingerprint density at radius 1 is 1.37 bits per heavy atom. The average molecular weight is 256 g/mol. The van der Waals surface area contributed by atoms with Gasteiger partial charge in [-0.2, -0.15) is 5.10 Å². The number of nitrogens with zero attached hydrogens (tertiary/aromatic N) is 2. The minimum absolute atomic E-state index is 0.184. The van der Waals surface area contributed by atoms with Crippen molar-refractivity contribution in [1.29, 1.82) is 0 Å². The highest BCUT2D eigenvalue weighted by Gasteiger charge is 2.27. The van der Waals surface area contributed by atoms with E-state index in [9.17, 15) is 9.90 Å². The Balaban J connectivity index is 2.30. The van der Waals surface area contributed by atoms with Crippen LogP contribution in [-0.4, -0.2) is 20.9 Å². The minimum Gasteiger partial charge on any atom is -0.476 e. The van der Waals surface area contributed by atoms with Gasteiger partial charge in [0.1, 0.15) is 0 Å². The third-order valence-corrected chi connectivity index (χ3v) is 3.92. The fourth-order valence-electron chi connectivity index (χ4n) is 2.79. The molecule has 1 N–H and O–H groups in total. The smallest absolute Gasteiger partial charge is 0.357 e. The van der Waals surface area contributed by atoms with Gasteiger partial charge in [-0.25, -0.2) is 4.79 Å². The van der Waals surface area contributed by atoms with Crippen LogP contribution in [0.1, 0.15) is 33.7 Å². The van der Waals surface area contributed by atoms with Gasteiger partial charge >= 0.3 is 5.97 Å². The van der Waals surface area contributed by atoms with Gasteiger partial charge in [-0.1, -0.05) is 18.2 Å². The molecule has 2 aromatic rings. The summed E-state index contributed by atoms with van der Waals surface area (Å²) in [5.74, 6) is -0.946. The topological polar surface area (TPSA) is 55.1 Å². The second kappa shape index (κ2) is 4.23. The molecule has 1 aromatic carbocycles. The average Bonchev–Trinajstić information content (AvgIpc) is 2.93. The Bertz CT molecular complexity index is 671. The number of fused-ring (bicyclic) bond motifs is 1. The third kappa shape index (κ3) is 1.75. The van der Waals surface area contributed by atoms with Crippen LogP contribution >= 0.6 is 0 Å². The highest BCUT2D eigenvalue weighted by Crippen LogP contribution is 2.34. The van der Waals surface area contributed by atoms with Crippen molar-refractivity contribution < 1.29 is 9.90 Å². The number of aromatic carboxylic acids is 1. The van der Waals surface area contributed by atoms with E-state index in [0.29, 0.717) is 0 Å². The zero-order chi connectivity index (χ0) is 13.6. The summed E-state index contributed by atoms with van der Waals surface area (Å²) in [7, 11) is 0. The zero-order valence-corrected chi connectivity index (χ0v) is 11.1. The normalized spacial score (nSPS) is 13.6. The number of rotatable bonds is 2. The molecule has 0 saturated carbocycles. The van der Waals surface area contributed by atoms with Crippen LogP contribution in [0.15, 0.2) is 18.2 Å². The summed E-state index contributed by atoms with van der Waals surface area (Å²) in [6.07, 6.45) is 1.95. The summed E-state index contributed by atoms with van der Waals surface area (Å²) in [4.78, 5) is 11.4. The summed E-state index contributed by atoms with van der Waals surface area (Å²) in [6, 6.07) is 6.01. The Morgan fingerprint density at radius 3 is 2.89 bits per heavy atom. The number of hydrogen-bond donors (Lipinski definition) is 1. The number of carbonyl (C=O) groups is 1. The molecule has 0 saturated heterocycles. The molecule has 0 unspecified atom stereocenters. The Labute approximate surface area is 111 Å². The molecule has 1 aromatic heterocycles. The molecule has 0 spiro atoms. The standard InChI is InChI=1S/C15H16N2O2/c1-9-5-3-6-11(10(9)2)13-12-7-4-8-17(12)16-14(13)15(18)19/h3,5-6H,4,7-8H2,1-2H3,(H,18,19). The van der Waals surface area contributed by atoms with E-state index in [1.807, 2.05) is 36.7 Å². The predicted octanol–water partition coefficient (Wildman–Crippen LogP) is 2.81. The fourth-order valence-corrected chi connectivity index (χ4v) is 2.79. The molecule has 19 heavy (non-hydrogen) atoms. The van der Waals surface area contributed by atoms with Crippen molar-refractivity contribution in [2.45, 2.75) is 33.2 Å². The summed E-state index contributed by atoms with van der Waals surface area (Å²) in [5.41, 5.74) is 5.36. The summed E-state index contributed by atoms with van der Waals surface area (Å²) >= 11 is 0. The second-order valence-electron chi connectivity index (χ2n) is 5.05. The fraction of sp³-hybridized carbons (Fsp3) is 0.333. The number of benzene rings is 1. The van der Waals surface area contributed by atoms with Gasteiger partial charge in [-0.15, -0.1) is 0 Å². The van der Waals surface area contributed by atoms with E-state index in [0.717, 1.165) is 41.8 Å². The van der Waals surface area contributed by atoms with Gasteiger partial charge in [-0.3, -0.25) is 4.68 Å². The first-order valence-electron chi connectivity index (χ1n) is 6.49. The van der Waals surface area contributed by atoms with E-state index in [2.05, 4.69) is 5.10 Å². The number of carboxylic acid groups (broad SMARTS) is 1. The van der Waals surface area contributed by atoms with Crippen molar-refractivity contribution >= 4 is 5.97 Å². The molecule has 4 heteroatoms. The van der Waals surface area contributed by atoms with Gasteiger partial charge in [0, 0.05) is 17.8 Å². The highest BCUT2D eigenvalue weighted by molar-refractivity contribution is 5.95. The molecular weight excluding hydrogens is 240 g/mol. The van der Waals surface area contributed by atoms with Crippen molar-refractivity contribution in [2.24, 2.45) is 0 Å². The number of hydrogen-bond acceptors (Lipinski definition) is 2. The zero-order valence-electron chi connectivity index (χ0n) is 11.1. The van der Waals surface area contributed by atoms with Gasteiger partial charge in [0.2, 0.25) is 0 Å². The maximum absolute atomic E-state index is 11.4. The molecule has 3 rings (SSSR count). The van der Waals surface area contributed by atoms with Gasteiger partial charge in [0.25, 0.3) is 0 Å². The molecule has 0 amide bonds. The first-order valence-corrected chi connectivity index (χ1v) is 6.49. The third-order valence-electron chi connectivity index (χ3n) is 3.92. The van der Waals surface area contributed by atoms with Crippen LogP contribution in [0.25, 0.3) is 11.1 Å². The molecule has 1 aliphatic heterocycles. The van der Waals surface area contributed by atoms with Crippen LogP contribution in [0, 0.1) is 13.8 Å². The monoisotopic (exact) mass is 256 g/mol. The Morgan fingerprint density at radius 2 is 2.16 bits per heavy atom. The minimum atomic E-state index is -0.946. The first kappa shape index (κ1) is 12.0. The van der Waals surface area contributed by atoms with Crippen molar-refractivity contribution in [3.8, 4) is 11.1 Å². The van der Waals surface area contributed by atoms with Gasteiger partial charge in [-0.05, 0) is 43.4 Å². The maximum Gasteiger partial charge on any atom is 0.357 e. The second-order valence-corrected chi connectivity index (χ2v) is 5.05. The molecule has 0 atom stereocenters. The van der Waals surface area contributed by atoms with Crippen molar-refractivity contribution in [3.63, 3.8) is 0 Å². The SMILES string of the molecule is Cc1cccc(-c2c(C(=O)O)nn3c2CCC3)c1C. The lowest BCUT2D eigenvalue weighted by atomic mass is 9.94. The molecule has 0 bridgehead atoms. The molecule has 4 nitrogen and oxygen atoms in total. The molecule has 1 aliphatic rings. The predicted molar refractivity (Wildman–Crippen MR) is 72.4 cm³/mol. The van der Waals surface area contributed by atoms with Crippen LogP contribution in [0.2, 0.25) is 0 Å². The highest BCUT2D eigenvalue weighted by atomic mass is 16.4. The van der Waals surface area contributed by atoms with Gasteiger partial charge in [0.15, 0.2) is 5.69 Å². The molecule has 0 fully saturated rings. The summed E-state index contributed by atoms with van der Waals surface area (Å²) in [6.45, 7) is 4.90. The van der Waals surface area contributed by atoms with E-state index >= 15 is 0 Å². The lowest BCUT2D eigenvalue weighted by molar-refractivity contribution is 0.0690. The quantitative estimate of drug-likeness (QED) is 0.898. The largest absolute Gasteiger partial charge is 0.476 e. The van der Waals surface area contributed by atoms with Gasteiger partial charge in [0.05, 0.1) is 0 Å². The Kier molecular flexibility index (Phi) is 2.66. The van der Waals surface area contributed by atoms with Crippen LogP contribution in [-0.2, 0) is 13.0 Å². The molecule has 98 valence electrons. The summed E-state index contributed by atoms with van der Waals surface area (Å²) < 4.78 is 1.85. The first-order chi connectivity index (χ1) is 9.09. The van der Waals surface area contributed by atoms with Gasteiger partial charge < -0.3 is 5.11 Å². The lowest BCUT2D eigenvalue weighted by Crippen LogP contribution is -2.02. The number of aryl methyl sites for hydroxylation is 2. The van der Waals surface area contributed by atoms with Crippen LogP contribution in [0.4, 0.5) is 0 Å². The number of carboxylic acids is 1. The molecule has 0 radical (unpaired) electrons. The maximum atomic E-state index is 11.4. The van der Waals surface area contributed by atoms with Crippen LogP contribution < -0.4 is 0 Å². The molecular formula is C15H16N2O2. The van der Waals surface area contributed by atoms with Crippen LogP contribution in [0.3, 0.4) is 0 Å². The number of aromatic nitrogens is 2. The Hall–Kier alpha value is -2.10. The van der Waals surface area contributed by atoms with Crippen molar-refractivity contribution in [1.82, 2.24) is 9.78 Å². The van der Waals surface area contributed by atoms with E-state index in [-0.39, 0.29) is 5.69 Å². The molecule has 2 heterocycles. The van der Waals surface area contributed by atoms with Crippen molar-refractivity contribution in [2.75, 3.05) is 0 Å². The van der Waals surface area contributed by atoms with E-state index in [1.54, 1.807) is 0 Å². The van der Waals surface area contributed by atoms with Crippen molar-refractivity contribution in [3.05, 3.63) is 40.7 Å². The summed E-state index contributed by atoms with van der Waals surface area (Å²) in [5, 5.41) is 13.6. The van der Waals surface area contributed by atoms with Crippen LogP contribution in [0.5, 0.6) is 0 Å². The lowest BCUT2D eigenvalue weighted by Gasteiger charge is -2.09. The van der Waals surface area contributed by atoms with E-state index < -0.39 is 5.97 Å². The molecule has 0 aliphatic carbocycles.